The summed E-state index contributed by atoms with van der Waals surface area (Å²) in [6.07, 6.45) is -3.02. The molecule has 100 valence electrons. The maximum atomic E-state index is 12.6. The molecule has 0 saturated carbocycles. The summed E-state index contributed by atoms with van der Waals surface area (Å²) in [5, 5.41) is 0. The molecule has 0 N–H and O–H groups in total. The van der Waals surface area contributed by atoms with Crippen LogP contribution in [-0.2, 0) is 6.18 Å². The third-order valence-corrected chi connectivity index (χ3v) is 2.76. The summed E-state index contributed by atoms with van der Waals surface area (Å²) in [7, 11) is 1.42. The number of hydrogen-bond acceptors (Lipinski definition) is 3. The molecule has 3 nitrogen and oxygen atoms in total. The quantitative estimate of drug-likeness (QED) is 0.835. The third-order valence-electron chi connectivity index (χ3n) is 2.32. The maximum absolute atomic E-state index is 12.6. The van der Waals surface area contributed by atoms with E-state index in [2.05, 4.69) is 25.9 Å². The van der Waals surface area contributed by atoms with Gasteiger partial charge in [-0.1, -0.05) is 6.07 Å². The summed E-state index contributed by atoms with van der Waals surface area (Å²) >= 11 is 3.21. The number of methoxy groups -OCH3 is 1. The van der Waals surface area contributed by atoms with Crippen molar-refractivity contribution in [2.75, 3.05) is 7.11 Å². The first-order valence-electron chi connectivity index (χ1n) is 5.16. The molecular weight excluding hydrogens is 325 g/mol. The minimum absolute atomic E-state index is 0.110. The summed E-state index contributed by atoms with van der Waals surface area (Å²) in [5.74, 6) is 0.348. The van der Waals surface area contributed by atoms with Gasteiger partial charge >= 0.3 is 6.18 Å². The predicted octanol–water partition coefficient (Wildman–Crippen LogP) is 3.93. The second-order valence-corrected chi connectivity index (χ2v) is 4.53. The van der Waals surface area contributed by atoms with Crippen molar-refractivity contribution in [3.8, 4) is 17.1 Å². The molecule has 0 radical (unpaired) electrons. The summed E-state index contributed by atoms with van der Waals surface area (Å²) in [6.45, 7) is 0. The number of nitrogens with zero attached hydrogens (tertiary/aromatic N) is 2. The maximum Gasteiger partial charge on any atom is 0.433 e. The van der Waals surface area contributed by atoms with E-state index < -0.39 is 11.9 Å². The molecule has 0 atom stereocenters. The fourth-order valence-electron chi connectivity index (χ4n) is 1.49. The normalized spacial score (nSPS) is 11.4. The van der Waals surface area contributed by atoms with Gasteiger partial charge in [-0.2, -0.15) is 13.2 Å². The van der Waals surface area contributed by atoms with Gasteiger partial charge in [-0.15, -0.1) is 0 Å². The highest BCUT2D eigenvalue weighted by molar-refractivity contribution is 9.10. The zero-order valence-corrected chi connectivity index (χ0v) is 11.3. The van der Waals surface area contributed by atoms with Gasteiger partial charge in [0.05, 0.1) is 12.8 Å². The average molecular weight is 333 g/mol. The zero-order valence-electron chi connectivity index (χ0n) is 9.70. The van der Waals surface area contributed by atoms with Crippen LogP contribution < -0.4 is 4.74 Å². The van der Waals surface area contributed by atoms with Gasteiger partial charge in [-0.25, -0.2) is 9.97 Å². The molecule has 2 aromatic heterocycles. The lowest BCUT2D eigenvalue weighted by atomic mass is 10.2. The summed E-state index contributed by atoms with van der Waals surface area (Å²) in [5.41, 5.74) is -0.590. The Hall–Kier alpha value is -1.63. The van der Waals surface area contributed by atoms with Gasteiger partial charge < -0.3 is 4.74 Å². The molecule has 2 rings (SSSR count). The van der Waals surface area contributed by atoms with Crippen molar-refractivity contribution < 1.29 is 17.9 Å². The standard InChI is InChI=1S/C12H8BrF3N2O/c1-19-9-5-7(13)6-17-11(9)8-3-2-4-10(18-8)12(14,15)16/h2-6H,1H3. The Kier molecular flexibility index (Phi) is 3.75. The first-order valence-corrected chi connectivity index (χ1v) is 5.95. The van der Waals surface area contributed by atoms with E-state index in [-0.39, 0.29) is 11.4 Å². The van der Waals surface area contributed by atoms with Crippen LogP contribution in [0.5, 0.6) is 5.75 Å². The van der Waals surface area contributed by atoms with Crippen LogP contribution in [0.3, 0.4) is 0 Å². The molecule has 2 heterocycles. The number of alkyl halides is 3. The molecule has 0 saturated heterocycles. The Balaban J connectivity index is 2.53. The number of aromatic nitrogens is 2. The van der Waals surface area contributed by atoms with Gasteiger partial charge in [0.2, 0.25) is 0 Å². The van der Waals surface area contributed by atoms with Crippen molar-refractivity contribution >= 4 is 15.9 Å². The number of pyridine rings is 2. The highest BCUT2D eigenvalue weighted by Crippen LogP contribution is 2.32. The molecular formula is C12H8BrF3N2O. The van der Waals surface area contributed by atoms with Crippen LogP contribution in [-0.4, -0.2) is 17.1 Å². The van der Waals surface area contributed by atoms with Crippen LogP contribution in [0.1, 0.15) is 5.69 Å². The molecule has 7 heteroatoms. The minimum atomic E-state index is -4.49. The Labute approximate surface area is 115 Å². The average Bonchev–Trinajstić information content (AvgIpc) is 2.37. The van der Waals surface area contributed by atoms with Crippen LogP contribution in [0, 0.1) is 0 Å². The molecule has 0 amide bonds. The number of halogens is 4. The van der Waals surface area contributed by atoms with E-state index in [1.807, 2.05) is 0 Å². The van der Waals surface area contributed by atoms with Crippen molar-refractivity contribution in [1.82, 2.24) is 9.97 Å². The van der Waals surface area contributed by atoms with Crippen LogP contribution >= 0.6 is 15.9 Å². The first kappa shape index (κ1) is 13.8. The largest absolute Gasteiger partial charge is 0.494 e. The van der Waals surface area contributed by atoms with E-state index >= 15 is 0 Å². The Bertz CT molecular complexity index is 602. The lowest BCUT2D eigenvalue weighted by molar-refractivity contribution is -0.141. The van der Waals surface area contributed by atoms with Gasteiger partial charge in [-0.3, -0.25) is 0 Å². The Morgan fingerprint density at radius 1 is 1.26 bits per heavy atom. The van der Waals surface area contributed by atoms with Crippen LogP contribution in [0.2, 0.25) is 0 Å². The highest BCUT2D eigenvalue weighted by atomic mass is 79.9. The molecule has 0 spiro atoms. The molecule has 0 aliphatic rings. The van der Waals surface area contributed by atoms with Crippen molar-refractivity contribution in [3.05, 3.63) is 40.6 Å². The molecule has 0 unspecified atom stereocenters. The minimum Gasteiger partial charge on any atom is -0.494 e. The van der Waals surface area contributed by atoms with E-state index in [0.717, 1.165) is 6.07 Å². The molecule has 2 aromatic rings. The number of hydrogen-bond donors (Lipinski definition) is 0. The van der Waals surface area contributed by atoms with Gasteiger partial charge in [0, 0.05) is 10.7 Å². The van der Waals surface area contributed by atoms with Gasteiger partial charge in [-0.05, 0) is 34.1 Å². The van der Waals surface area contributed by atoms with Crippen molar-refractivity contribution in [3.63, 3.8) is 0 Å². The van der Waals surface area contributed by atoms with Crippen LogP contribution in [0.4, 0.5) is 13.2 Å². The van der Waals surface area contributed by atoms with Crippen molar-refractivity contribution in [2.45, 2.75) is 6.18 Å². The predicted molar refractivity (Wildman–Crippen MR) is 66.7 cm³/mol. The molecule has 0 aliphatic heterocycles. The lowest BCUT2D eigenvalue weighted by Gasteiger charge is -2.10. The van der Waals surface area contributed by atoms with Crippen molar-refractivity contribution in [1.29, 1.82) is 0 Å². The molecule has 0 bridgehead atoms. The Morgan fingerprint density at radius 2 is 2.00 bits per heavy atom. The van der Waals surface area contributed by atoms with E-state index in [1.165, 1.54) is 25.4 Å². The molecule has 19 heavy (non-hydrogen) atoms. The second-order valence-electron chi connectivity index (χ2n) is 3.61. The van der Waals surface area contributed by atoms with Gasteiger partial charge in [0.25, 0.3) is 0 Å². The summed E-state index contributed by atoms with van der Waals surface area (Å²) in [4.78, 5) is 7.61. The van der Waals surface area contributed by atoms with E-state index in [0.29, 0.717) is 10.2 Å². The van der Waals surface area contributed by atoms with Crippen LogP contribution in [0.15, 0.2) is 34.9 Å². The fraction of sp³-hybridized carbons (Fsp3) is 0.167. The molecule has 0 aliphatic carbocycles. The topological polar surface area (TPSA) is 35.0 Å². The monoisotopic (exact) mass is 332 g/mol. The zero-order chi connectivity index (χ0) is 14.0. The number of ether oxygens (including phenoxy) is 1. The van der Waals surface area contributed by atoms with Crippen LogP contribution in [0.25, 0.3) is 11.4 Å². The second kappa shape index (κ2) is 5.16. The van der Waals surface area contributed by atoms with E-state index in [4.69, 9.17) is 4.74 Å². The van der Waals surface area contributed by atoms with Gasteiger partial charge in [0.1, 0.15) is 17.1 Å². The van der Waals surface area contributed by atoms with E-state index in [1.54, 1.807) is 6.07 Å². The molecule has 0 aromatic carbocycles. The third kappa shape index (κ3) is 3.04. The number of rotatable bonds is 2. The molecule has 0 fully saturated rings. The Morgan fingerprint density at radius 3 is 2.63 bits per heavy atom. The SMILES string of the molecule is COc1cc(Br)cnc1-c1cccc(C(F)(F)F)n1. The fourth-order valence-corrected chi connectivity index (χ4v) is 1.80. The van der Waals surface area contributed by atoms with Crippen molar-refractivity contribution in [2.24, 2.45) is 0 Å². The first-order chi connectivity index (χ1) is 8.91. The smallest absolute Gasteiger partial charge is 0.433 e. The highest BCUT2D eigenvalue weighted by Gasteiger charge is 2.32. The van der Waals surface area contributed by atoms with Gasteiger partial charge in [0.15, 0.2) is 0 Å². The van der Waals surface area contributed by atoms with E-state index in [9.17, 15) is 13.2 Å². The lowest BCUT2D eigenvalue weighted by Crippen LogP contribution is -2.08. The summed E-state index contributed by atoms with van der Waals surface area (Å²) in [6, 6.07) is 5.27. The summed E-state index contributed by atoms with van der Waals surface area (Å²) < 4.78 is 43.6.